The first-order chi connectivity index (χ1) is 9.18. The topological polar surface area (TPSA) is 64.4 Å². The number of hydrogen-bond acceptors (Lipinski definition) is 3. The van der Waals surface area contributed by atoms with Crippen molar-refractivity contribution in [2.45, 2.75) is 31.8 Å². The van der Waals surface area contributed by atoms with Crippen LogP contribution in [0.15, 0.2) is 18.2 Å². The highest BCUT2D eigenvalue weighted by Gasteiger charge is 2.15. The van der Waals surface area contributed by atoms with Gasteiger partial charge in [0, 0.05) is 6.54 Å². The smallest absolute Gasteiger partial charge is 0.252 e. The highest BCUT2D eigenvalue weighted by atomic mass is 35.5. The first-order valence-electron chi connectivity index (χ1n) is 6.62. The van der Waals surface area contributed by atoms with E-state index in [2.05, 4.69) is 5.32 Å². The van der Waals surface area contributed by atoms with Gasteiger partial charge in [0.2, 0.25) is 0 Å². The van der Waals surface area contributed by atoms with Crippen LogP contribution >= 0.6 is 11.6 Å². The zero-order valence-corrected chi connectivity index (χ0v) is 11.6. The highest BCUT2D eigenvalue weighted by Crippen LogP contribution is 2.23. The zero-order valence-electron chi connectivity index (χ0n) is 10.8. The van der Waals surface area contributed by atoms with E-state index in [4.69, 9.17) is 22.1 Å². The van der Waals surface area contributed by atoms with E-state index in [9.17, 15) is 4.79 Å². The Kier molecular flexibility index (Phi) is 5.05. The van der Waals surface area contributed by atoms with Crippen molar-refractivity contribution in [1.82, 2.24) is 5.32 Å². The summed E-state index contributed by atoms with van der Waals surface area (Å²) in [6.45, 7) is 1.02. The Morgan fingerprint density at radius 1 is 1.42 bits per heavy atom. The van der Waals surface area contributed by atoms with Crippen LogP contribution in [0, 0.1) is 0 Å². The highest BCUT2D eigenvalue weighted by molar-refractivity contribution is 6.36. The minimum absolute atomic E-state index is 0.215. The van der Waals surface area contributed by atoms with Gasteiger partial charge in [-0.05, 0) is 25.0 Å². The monoisotopic (exact) mass is 282 g/mol. The first-order valence-corrected chi connectivity index (χ1v) is 7.00. The molecule has 1 aliphatic carbocycles. The summed E-state index contributed by atoms with van der Waals surface area (Å²) in [5.41, 5.74) is 6.48. The second kappa shape index (κ2) is 6.78. The van der Waals surface area contributed by atoms with Crippen molar-refractivity contribution >= 4 is 23.2 Å². The molecule has 0 atom stereocenters. The lowest BCUT2D eigenvalue weighted by atomic mass is 10.2. The van der Waals surface area contributed by atoms with Gasteiger partial charge in [-0.1, -0.05) is 30.5 Å². The van der Waals surface area contributed by atoms with Crippen LogP contribution in [0.4, 0.5) is 5.69 Å². The molecule has 1 amide bonds. The number of hydrogen-bond donors (Lipinski definition) is 2. The van der Waals surface area contributed by atoms with E-state index in [-0.39, 0.29) is 5.91 Å². The number of rotatable bonds is 5. The maximum atomic E-state index is 11.9. The van der Waals surface area contributed by atoms with Crippen molar-refractivity contribution in [3.8, 4) is 0 Å². The normalized spacial score (nSPS) is 15.6. The third kappa shape index (κ3) is 3.85. The number of benzene rings is 1. The van der Waals surface area contributed by atoms with Gasteiger partial charge in [-0.3, -0.25) is 4.79 Å². The minimum atomic E-state index is -0.215. The van der Waals surface area contributed by atoms with Gasteiger partial charge in [-0.15, -0.1) is 0 Å². The molecule has 4 nitrogen and oxygen atoms in total. The lowest BCUT2D eigenvalue weighted by molar-refractivity contribution is 0.0582. The predicted octanol–water partition coefficient (Wildman–Crippen LogP) is 2.61. The lowest BCUT2D eigenvalue weighted by Gasteiger charge is -2.12. The number of nitrogen functional groups attached to an aromatic ring is 1. The molecule has 0 radical (unpaired) electrons. The van der Waals surface area contributed by atoms with E-state index in [1.165, 1.54) is 12.8 Å². The number of ether oxygens (including phenoxy) is 1. The summed E-state index contributed by atoms with van der Waals surface area (Å²) >= 11 is 5.99. The van der Waals surface area contributed by atoms with Crippen molar-refractivity contribution in [1.29, 1.82) is 0 Å². The van der Waals surface area contributed by atoms with Gasteiger partial charge in [-0.25, -0.2) is 0 Å². The van der Waals surface area contributed by atoms with Crippen molar-refractivity contribution in [2.75, 3.05) is 18.9 Å². The van der Waals surface area contributed by atoms with Gasteiger partial charge in [0.1, 0.15) is 0 Å². The molecule has 1 saturated carbocycles. The average molecular weight is 283 g/mol. The molecule has 104 valence electrons. The molecule has 0 spiro atoms. The molecule has 0 unspecified atom stereocenters. The maximum absolute atomic E-state index is 11.9. The summed E-state index contributed by atoms with van der Waals surface area (Å²) < 4.78 is 5.67. The minimum Gasteiger partial charge on any atom is -0.398 e. The van der Waals surface area contributed by atoms with Gasteiger partial charge >= 0.3 is 0 Å². The number of nitrogens with two attached hydrogens (primary N) is 1. The Labute approximate surface area is 118 Å². The fourth-order valence-corrected chi connectivity index (χ4v) is 2.48. The third-order valence-electron chi connectivity index (χ3n) is 3.32. The van der Waals surface area contributed by atoms with Crippen LogP contribution in [0.1, 0.15) is 36.0 Å². The Hall–Kier alpha value is -1.26. The molecule has 0 aromatic heterocycles. The molecule has 0 saturated heterocycles. The molecular formula is C14H19ClN2O2. The standard InChI is InChI=1S/C14H19ClN2O2/c15-13-11(6-3-7-12(13)16)14(18)17-8-9-19-10-4-1-2-5-10/h3,6-7,10H,1-2,4-5,8-9,16H2,(H,17,18). The molecule has 19 heavy (non-hydrogen) atoms. The zero-order chi connectivity index (χ0) is 13.7. The van der Waals surface area contributed by atoms with Crippen molar-refractivity contribution in [3.63, 3.8) is 0 Å². The number of carbonyl (C=O) groups is 1. The fourth-order valence-electron chi connectivity index (χ4n) is 2.27. The molecule has 5 heteroatoms. The van der Waals surface area contributed by atoms with Gasteiger partial charge in [0.15, 0.2) is 0 Å². The van der Waals surface area contributed by atoms with Crippen LogP contribution in [0.3, 0.4) is 0 Å². The molecule has 1 fully saturated rings. The van der Waals surface area contributed by atoms with Crippen LogP contribution in [0.2, 0.25) is 5.02 Å². The number of amides is 1. The number of anilines is 1. The largest absolute Gasteiger partial charge is 0.398 e. The summed E-state index contributed by atoms with van der Waals surface area (Å²) in [6.07, 6.45) is 5.13. The van der Waals surface area contributed by atoms with E-state index in [1.807, 2.05) is 0 Å². The molecule has 3 N–H and O–H groups in total. The molecule has 1 aromatic rings. The second-order valence-electron chi connectivity index (χ2n) is 4.74. The summed E-state index contributed by atoms with van der Waals surface area (Å²) in [7, 11) is 0. The molecule has 0 bridgehead atoms. The van der Waals surface area contributed by atoms with Gasteiger partial charge in [-0.2, -0.15) is 0 Å². The van der Waals surface area contributed by atoms with E-state index in [0.717, 1.165) is 12.8 Å². The summed E-state index contributed by atoms with van der Waals surface area (Å²) in [4.78, 5) is 11.9. The van der Waals surface area contributed by atoms with Crippen molar-refractivity contribution in [2.24, 2.45) is 0 Å². The number of carbonyl (C=O) groups excluding carboxylic acids is 1. The Morgan fingerprint density at radius 2 is 2.16 bits per heavy atom. The predicted molar refractivity (Wildman–Crippen MR) is 76.4 cm³/mol. The molecule has 1 aromatic carbocycles. The summed E-state index contributed by atoms with van der Waals surface area (Å²) in [5.74, 6) is -0.215. The van der Waals surface area contributed by atoms with E-state index in [1.54, 1.807) is 18.2 Å². The fraction of sp³-hybridized carbons (Fsp3) is 0.500. The number of nitrogens with one attached hydrogen (secondary N) is 1. The molecule has 1 aliphatic rings. The summed E-state index contributed by atoms with van der Waals surface area (Å²) in [6, 6.07) is 5.04. The molecule has 2 rings (SSSR count). The van der Waals surface area contributed by atoms with E-state index < -0.39 is 0 Å². The number of halogens is 1. The first kappa shape index (κ1) is 14.2. The maximum Gasteiger partial charge on any atom is 0.252 e. The van der Waals surface area contributed by atoms with Crippen molar-refractivity contribution in [3.05, 3.63) is 28.8 Å². The molecule has 0 heterocycles. The Balaban J connectivity index is 1.76. The van der Waals surface area contributed by atoms with E-state index >= 15 is 0 Å². The van der Waals surface area contributed by atoms with Gasteiger partial charge < -0.3 is 15.8 Å². The van der Waals surface area contributed by atoms with Gasteiger partial charge in [0.05, 0.1) is 29.0 Å². The van der Waals surface area contributed by atoms with Crippen molar-refractivity contribution < 1.29 is 9.53 Å². The van der Waals surface area contributed by atoms with Crippen LogP contribution in [-0.4, -0.2) is 25.2 Å². The molecular weight excluding hydrogens is 264 g/mol. The average Bonchev–Trinajstić information content (AvgIpc) is 2.91. The molecule has 0 aliphatic heterocycles. The quantitative estimate of drug-likeness (QED) is 0.644. The lowest BCUT2D eigenvalue weighted by Crippen LogP contribution is -2.28. The van der Waals surface area contributed by atoms with Crippen LogP contribution in [-0.2, 0) is 4.74 Å². The summed E-state index contributed by atoms with van der Waals surface area (Å²) in [5, 5.41) is 3.09. The van der Waals surface area contributed by atoms with Crippen LogP contribution < -0.4 is 11.1 Å². The second-order valence-corrected chi connectivity index (χ2v) is 5.12. The Morgan fingerprint density at radius 3 is 2.89 bits per heavy atom. The van der Waals surface area contributed by atoms with Gasteiger partial charge in [0.25, 0.3) is 5.91 Å². The Bertz CT molecular complexity index is 445. The van der Waals surface area contributed by atoms with Crippen LogP contribution in [0.5, 0.6) is 0 Å². The van der Waals surface area contributed by atoms with Crippen LogP contribution in [0.25, 0.3) is 0 Å². The third-order valence-corrected chi connectivity index (χ3v) is 3.74. The SMILES string of the molecule is Nc1cccc(C(=O)NCCOC2CCCC2)c1Cl. The van der Waals surface area contributed by atoms with E-state index in [0.29, 0.717) is 35.5 Å².